The maximum absolute atomic E-state index is 5.54. The Balaban J connectivity index is 2.34. The van der Waals surface area contributed by atoms with Crippen LogP contribution in [0.1, 0.15) is 18.9 Å². The van der Waals surface area contributed by atoms with E-state index in [0.717, 1.165) is 12.2 Å². The van der Waals surface area contributed by atoms with Gasteiger partial charge in [0.05, 0.1) is 5.76 Å². The first-order valence-electron chi connectivity index (χ1n) is 4.86. The van der Waals surface area contributed by atoms with Gasteiger partial charge in [-0.1, -0.05) is 30.3 Å². The summed E-state index contributed by atoms with van der Waals surface area (Å²) in [7, 11) is 0. The van der Waals surface area contributed by atoms with Crippen molar-refractivity contribution in [3.05, 3.63) is 47.7 Å². The van der Waals surface area contributed by atoms with Gasteiger partial charge >= 0.3 is 0 Å². The first kappa shape index (κ1) is 10.8. The normalized spacial score (nSPS) is 11.4. The smallest absolute Gasteiger partial charge is 0.113 e. The van der Waals surface area contributed by atoms with Gasteiger partial charge in [-0.2, -0.15) is 0 Å². The van der Waals surface area contributed by atoms with Crippen LogP contribution in [0.25, 0.3) is 0 Å². The second kappa shape index (κ2) is 6.22. The van der Waals surface area contributed by atoms with E-state index in [9.17, 15) is 0 Å². The molecule has 0 heterocycles. The maximum atomic E-state index is 5.54. The average molecular weight is 191 g/mol. The lowest BCUT2D eigenvalue weighted by Crippen LogP contribution is -1.97. The van der Waals surface area contributed by atoms with Crippen molar-refractivity contribution < 1.29 is 4.74 Å². The molecule has 0 aliphatic carbocycles. The minimum Gasteiger partial charge on any atom is -0.494 e. The number of benzene rings is 1. The van der Waals surface area contributed by atoms with E-state index in [4.69, 9.17) is 10.5 Å². The highest BCUT2D eigenvalue weighted by Gasteiger charge is 1.92. The second-order valence-corrected chi connectivity index (χ2v) is 3.17. The Morgan fingerprint density at radius 2 is 2.07 bits per heavy atom. The van der Waals surface area contributed by atoms with Crippen LogP contribution in [0.3, 0.4) is 0 Å². The first-order chi connectivity index (χ1) is 6.83. The molecule has 0 unspecified atom stereocenters. The summed E-state index contributed by atoms with van der Waals surface area (Å²) < 4.78 is 5.54. The molecule has 0 bridgehead atoms. The molecule has 1 aromatic rings. The summed E-state index contributed by atoms with van der Waals surface area (Å²) in [5.74, 6) is 0.944. The van der Waals surface area contributed by atoms with Gasteiger partial charge in [-0.15, -0.1) is 0 Å². The van der Waals surface area contributed by atoms with Crippen molar-refractivity contribution in [1.29, 1.82) is 0 Å². The molecular weight excluding hydrogens is 174 g/mol. The van der Waals surface area contributed by atoms with Crippen LogP contribution in [0.2, 0.25) is 0 Å². The van der Waals surface area contributed by atoms with E-state index in [1.165, 1.54) is 5.56 Å². The van der Waals surface area contributed by atoms with Crippen molar-refractivity contribution in [2.24, 2.45) is 5.73 Å². The number of hydrogen-bond donors (Lipinski definition) is 1. The third-order valence-electron chi connectivity index (χ3n) is 1.91. The van der Waals surface area contributed by atoms with Crippen molar-refractivity contribution in [3.63, 3.8) is 0 Å². The molecule has 2 nitrogen and oxygen atoms in total. The molecule has 0 radical (unpaired) electrons. The number of allylic oxidation sites excluding steroid dienone is 1. The van der Waals surface area contributed by atoms with Gasteiger partial charge in [-0.05, 0) is 31.5 Å². The summed E-state index contributed by atoms with van der Waals surface area (Å²) in [5, 5.41) is 0. The SMILES string of the molecule is C/C(=C\CCN)OCc1ccccc1. The lowest BCUT2D eigenvalue weighted by Gasteiger charge is -2.05. The molecule has 14 heavy (non-hydrogen) atoms. The zero-order valence-corrected chi connectivity index (χ0v) is 8.57. The van der Waals surface area contributed by atoms with Crippen molar-refractivity contribution >= 4 is 0 Å². The molecule has 1 rings (SSSR count). The molecule has 0 spiro atoms. The minimum absolute atomic E-state index is 0.633. The lowest BCUT2D eigenvalue weighted by molar-refractivity contribution is 0.199. The van der Waals surface area contributed by atoms with Crippen molar-refractivity contribution in [1.82, 2.24) is 0 Å². The first-order valence-corrected chi connectivity index (χ1v) is 4.86. The Hall–Kier alpha value is -1.28. The summed E-state index contributed by atoms with van der Waals surface area (Å²) in [6, 6.07) is 10.1. The van der Waals surface area contributed by atoms with Crippen LogP contribution in [0.4, 0.5) is 0 Å². The predicted octanol–water partition coefficient (Wildman–Crippen LogP) is 2.46. The summed E-state index contributed by atoms with van der Waals surface area (Å²) in [6.45, 7) is 3.26. The molecular formula is C12H17NO. The zero-order chi connectivity index (χ0) is 10.2. The molecule has 0 saturated carbocycles. The largest absolute Gasteiger partial charge is 0.494 e. The van der Waals surface area contributed by atoms with E-state index in [-0.39, 0.29) is 0 Å². The number of ether oxygens (including phenoxy) is 1. The fourth-order valence-corrected chi connectivity index (χ4v) is 1.12. The third-order valence-corrected chi connectivity index (χ3v) is 1.91. The van der Waals surface area contributed by atoms with E-state index in [2.05, 4.69) is 12.1 Å². The third kappa shape index (κ3) is 4.10. The standard InChI is InChI=1S/C12H17NO/c1-11(6-5-9-13)14-10-12-7-3-2-4-8-12/h2-4,6-8H,5,9-10,13H2,1H3/b11-6+. The molecule has 0 atom stereocenters. The second-order valence-electron chi connectivity index (χ2n) is 3.17. The topological polar surface area (TPSA) is 35.2 Å². The number of rotatable bonds is 5. The molecule has 0 saturated heterocycles. The van der Waals surface area contributed by atoms with Gasteiger partial charge in [-0.25, -0.2) is 0 Å². The average Bonchev–Trinajstić information content (AvgIpc) is 2.25. The van der Waals surface area contributed by atoms with E-state index >= 15 is 0 Å². The Bertz CT molecular complexity index is 280. The molecule has 2 N–H and O–H groups in total. The van der Waals surface area contributed by atoms with E-state index in [0.29, 0.717) is 13.2 Å². The van der Waals surface area contributed by atoms with Crippen LogP contribution in [-0.2, 0) is 11.3 Å². The lowest BCUT2D eigenvalue weighted by atomic mass is 10.2. The Labute approximate surface area is 85.4 Å². The van der Waals surface area contributed by atoms with Crippen LogP contribution in [0.15, 0.2) is 42.2 Å². The van der Waals surface area contributed by atoms with Gasteiger partial charge in [0, 0.05) is 0 Å². The fraction of sp³-hybridized carbons (Fsp3) is 0.333. The molecule has 0 fully saturated rings. The molecule has 0 aliphatic rings. The van der Waals surface area contributed by atoms with Crippen LogP contribution >= 0.6 is 0 Å². The molecule has 2 heteroatoms. The quantitative estimate of drug-likeness (QED) is 0.725. The molecule has 0 aliphatic heterocycles. The number of nitrogens with two attached hydrogens (primary N) is 1. The fourth-order valence-electron chi connectivity index (χ4n) is 1.12. The highest BCUT2D eigenvalue weighted by molar-refractivity contribution is 5.13. The van der Waals surface area contributed by atoms with Gasteiger partial charge < -0.3 is 10.5 Å². The summed E-state index contributed by atoms with van der Waals surface area (Å²) in [6.07, 6.45) is 2.89. The Kier molecular flexibility index (Phi) is 4.79. The van der Waals surface area contributed by atoms with Gasteiger partial charge in [0.1, 0.15) is 6.61 Å². The Morgan fingerprint density at radius 3 is 2.71 bits per heavy atom. The molecule has 1 aromatic carbocycles. The van der Waals surface area contributed by atoms with Crippen LogP contribution < -0.4 is 5.73 Å². The maximum Gasteiger partial charge on any atom is 0.113 e. The monoisotopic (exact) mass is 191 g/mol. The van der Waals surface area contributed by atoms with Gasteiger partial charge in [0.15, 0.2) is 0 Å². The number of hydrogen-bond acceptors (Lipinski definition) is 2. The van der Waals surface area contributed by atoms with Crippen molar-refractivity contribution in [2.75, 3.05) is 6.54 Å². The van der Waals surface area contributed by atoms with Gasteiger partial charge in [-0.3, -0.25) is 0 Å². The van der Waals surface area contributed by atoms with E-state index in [1.807, 2.05) is 31.2 Å². The van der Waals surface area contributed by atoms with Crippen molar-refractivity contribution in [2.45, 2.75) is 20.0 Å². The van der Waals surface area contributed by atoms with Crippen LogP contribution in [0, 0.1) is 0 Å². The van der Waals surface area contributed by atoms with E-state index in [1.54, 1.807) is 0 Å². The van der Waals surface area contributed by atoms with E-state index < -0.39 is 0 Å². The molecule has 76 valence electrons. The summed E-state index contributed by atoms with van der Waals surface area (Å²) in [4.78, 5) is 0. The van der Waals surface area contributed by atoms with Gasteiger partial charge in [0.2, 0.25) is 0 Å². The minimum atomic E-state index is 0.633. The highest BCUT2D eigenvalue weighted by Crippen LogP contribution is 2.05. The van der Waals surface area contributed by atoms with Crippen molar-refractivity contribution in [3.8, 4) is 0 Å². The molecule has 0 amide bonds. The molecule has 0 aromatic heterocycles. The van der Waals surface area contributed by atoms with Crippen LogP contribution in [0.5, 0.6) is 0 Å². The van der Waals surface area contributed by atoms with Crippen LogP contribution in [-0.4, -0.2) is 6.54 Å². The van der Waals surface area contributed by atoms with Gasteiger partial charge in [0.25, 0.3) is 0 Å². The highest BCUT2D eigenvalue weighted by atomic mass is 16.5. The predicted molar refractivity (Wildman–Crippen MR) is 58.7 cm³/mol. The summed E-state index contributed by atoms with van der Waals surface area (Å²) >= 11 is 0. The Morgan fingerprint density at radius 1 is 1.36 bits per heavy atom. The summed E-state index contributed by atoms with van der Waals surface area (Å²) in [5.41, 5.74) is 6.57. The zero-order valence-electron chi connectivity index (χ0n) is 8.57.